The number of hydrogen-bond acceptors (Lipinski definition) is 5. The minimum atomic E-state index is -0.667. The lowest BCUT2D eigenvalue weighted by molar-refractivity contribution is -0.146. The van der Waals surface area contributed by atoms with Gasteiger partial charge in [0.25, 0.3) is 0 Å². The van der Waals surface area contributed by atoms with Crippen molar-refractivity contribution in [1.29, 1.82) is 0 Å². The number of nitrogens with one attached hydrogen (secondary N) is 1. The van der Waals surface area contributed by atoms with Crippen molar-refractivity contribution in [3.63, 3.8) is 0 Å². The highest BCUT2D eigenvalue weighted by Gasteiger charge is 2.29. The van der Waals surface area contributed by atoms with Crippen molar-refractivity contribution in [3.05, 3.63) is 125 Å². The number of carbonyl (C=O) groups is 2. The topological polar surface area (TPSA) is 73.9 Å². The van der Waals surface area contributed by atoms with Gasteiger partial charge in [-0.05, 0) is 52.4 Å². The summed E-state index contributed by atoms with van der Waals surface area (Å²) in [7, 11) is 1.60. The van der Waals surface area contributed by atoms with E-state index in [0.717, 1.165) is 38.9 Å². The zero-order valence-corrected chi connectivity index (χ0v) is 21.3. The number of methoxy groups -OCH3 is 1. The van der Waals surface area contributed by atoms with E-state index in [0.29, 0.717) is 5.75 Å². The number of amides is 1. The monoisotopic (exact) mass is 507 g/mol. The van der Waals surface area contributed by atoms with Gasteiger partial charge in [-0.1, -0.05) is 90.5 Å². The summed E-state index contributed by atoms with van der Waals surface area (Å²) in [5, 5.41) is 2.53. The number of hydrogen-bond donors (Lipinski definition) is 1. The van der Waals surface area contributed by atoms with Crippen LogP contribution < -0.4 is 10.1 Å². The molecule has 4 aromatic rings. The van der Waals surface area contributed by atoms with Crippen LogP contribution in [0, 0.1) is 6.92 Å². The third kappa shape index (κ3) is 5.39. The molecule has 192 valence electrons. The second-order valence-electron chi connectivity index (χ2n) is 9.23. The van der Waals surface area contributed by atoms with Gasteiger partial charge in [-0.15, -0.1) is 0 Å². The molecule has 0 heterocycles. The van der Waals surface area contributed by atoms with Gasteiger partial charge in [0.1, 0.15) is 18.9 Å². The normalized spacial score (nSPS) is 12.7. The maximum atomic E-state index is 12.8. The SMILES string of the molecule is COc1ccc(C(OC(=O)CNC(=O)OCC2c3ccccc3-c3ccccc32)c2ccc(C)cc2)cc1. The third-order valence-electron chi connectivity index (χ3n) is 6.77. The molecule has 1 unspecified atom stereocenters. The van der Waals surface area contributed by atoms with Gasteiger partial charge in [-0.2, -0.15) is 0 Å². The second kappa shape index (κ2) is 11.2. The summed E-state index contributed by atoms with van der Waals surface area (Å²) in [5.74, 6) is 0.0839. The Labute approximate surface area is 222 Å². The van der Waals surface area contributed by atoms with Crippen LogP contribution in [0.1, 0.15) is 39.8 Å². The van der Waals surface area contributed by atoms with Crippen molar-refractivity contribution in [3.8, 4) is 16.9 Å². The van der Waals surface area contributed by atoms with E-state index in [9.17, 15) is 9.59 Å². The lowest BCUT2D eigenvalue weighted by atomic mass is 9.98. The van der Waals surface area contributed by atoms with E-state index in [1.807, 2.05) is 79.7 Å². The Hall–Kier alpha value is -4.58. The zero-order valence-electron chi connectivity index (χ0n) is 21.3. The Kier molecular flexibility index (Phi) is 7.40. The van der Waals surface area contributed by atoms with Gasteiger partial charge in [0.05, 0.1) is 7.11 Å². The quantitative estimate of drug-likeness (QED) is 0.289. The Balaban J connectivity index is 1.21. The summed E-state index contributed by atoms with van der Waals surface area (Å²) in [4.78, 5) is 25.3. The van der Waals surface area contributed by atoms with Gasteiger partial charge in [-0.3, -0.25) is 4.79 Å². The number of rotatable bonds is 8. The van der Waals surface area contributed by atoms with Crippen LogP contribution in [0.25, 0.3) is 11.1 Å². The molecule has 0 saturated heterocycles. The molecule has 0 bridgehead atoms. The average molecular weight is 508 g/mol. The Morgan fingerprint density at radius 3 is 1.92 bits per heavy atom. The van der Waals surface area contributed by atoms with Crippen LogP contribution in [0.15, 0.2) is 97.1 Å². The summed E-state index contributed by atoms with van der Waals surface area (Å²) in [6.45, 7) is 1.86. The highest BCUT2D eigenvalue weighted by Crippen LogP contribution is 2.44. The molecule has 0 saturated carbocycles. The second-order valence-corrected chi connectivity index (χ2v) is 9.23. The van der Waals surface area contributed by atoms with Crippen molar-refractivity contribution in [2.45, 2.75) is 18.9 Å². The van der Waals surface area contributed by atoms with Gasteiger partial charge < -0.3 is 19.5 Å². The maximum Gasteiger partial charge on any atom is 0.407 e. The summed E-state index contributed by atoms with van der Waals surface area (Å²) >= 11 is 0. The molecule has 0 spiro atoms. The first-order valence-electron chi connectivity index (χ1n) is 12.5. The van der Waals surface area contributed by atoms with E-state index in [1.54, 1.807) is 7.11 Å². The van der Waals surface area contributed by atoms with Crippen LogP contribution >= 0.6 is 0 Å². The molecule has 0 aliphatic heterocycles. The average Bonchev–Trinajstić information content (AvgIpc) is 3.28. The van der Waals surface area contributed by atoms with Crippen molar-refractivity contribution in [2.24, 2.45) is 0 Å². The van der Waals surface area contributed by atoms with E-state index in [1.165, 1.54) is 0 Å². The predicted octanol–water partition coefficient (Wildman–Crippen LogP) is 6.17. The van der Waals surface area contributed by atoms with Crippen LogP contribution in [-0.4, -0.2) is 32.3 Å². The van der Waals surface area contributed by atoms with E-state index >= 15 is 0 Å². The van der Waals surface area contributed by atoms with E-state index in [-0.39, 0.29) is 19.1 Å². The standard InChI is InChI=1S/C32H29NO5/c1-21-11-13-22(14-12-21)31(23-15-17-24(36-2)18-16-23)38-30(34)19-33-32(35)37-20-29-27-9-5-3-7-25(27)26-8-4-6-10-28(26)29/h3-18,29,31H,19-20H2,1-2H3,(H,33,35). The van der Waals surface area contributed by atoms with Gasteiger partial charge in [0.15, 0.2) is 6.10 Å². The molecule has 5 rings (SSSR count). The highest BCUT2D eigenvalue weighted by atomic mass is 16.6. The van der Waals surface area contributed by atoms with Gasteiger partial charge in [-0.25, -0.2) is 4.79 Å². The molecule has 1 atom stereocenters. The molecule has 4 aromatic carbocycles. The fourth-order valence-corrected chi connectivity index (χ4v) is 4.82. The number of alkyl carbamates (subject to hydrolysis) is 1. The minimum Gasteiger partial charge on any atom is -0.497 e. The van der Waals surface area contributed by atoms with Crippen molar-refractivity contribution < 1.29 is 23.8 Å². The molecule has 1 aliphatic rings. The lowest BCUT2D eigenvalue weighted by Crippen LogP contribution is -2.32. The number of carbonyl (C=O) groups excluding carboxylic acids is 2. The van der Waals surface area contributed by atoms with Crippen molar-refractivity contribution in [2.75, 3.05) is 20.3 Å². The van der Waals surface area contributed by atoms with E-state index < -0.39 is 18.2 Å². The summed E-state index contributed by atoms with van der Waals surface area (Å²) < 4.78 is 16.6. The molecular weight excluding hydrogens is 478 g/mol. The molecule has 0 fully saturated rings. The van der Waals surface area contributed by atoms with Crippen LogP contribution in [0.4, 0.5) is 4.79 Å². The molecular formula is C32H29NO5. The first-order chi connectivity index (χ1) is 18.5. The molecule has 6 nitrogen and oxygen atoms in total. The number of ether oxygens (including phenoxy) is 3. The number of aryl methyl sites for hydroxylation is 1. The van der Waals surface area contributed by atoms with Gasteiger partial charge in [0.2, 0.25) is 0 Å². The molecule has 1 aliphatic carbocycles. The Morgan fingerprint density at radius 2 is 1.34 bits per heavy atom. The molecule has 0 aromatic heterocycles. The summed E-state index contributed by atoms with van der Waals surface area (Å²) in [6, 6.07) is 31.4. The summed E-state index contributed by atoms with van der Waals surface area (Å²) in [6.07, 6.45) is -1.29. The van der Waals surface area contributed by atoms with Crippen LogP contribution in [-0.2, 0) is 14.3 Å². The van der Waals surface area contributed by atoms with Crippen LogP contribution in [0.5, 0.6) is 5.75 Å². The molecule has 1 N–H and O–H groups in total. The minimum absolute atomic E-state index is 0.0545. The van der Waals surface area contributed by atoms with Crippen molar-refractivity contribution in [1.82, 2.24) is 5.32 Å². The molecule has 0 radical (unpaired) electrons. The fourth-order valence-electron chi connectivity index (χ4n) is 4.82. The number of esters is 1. The molecule has 38 heavy (non-hydrogen) atoms. The fraction of sp³-hybridized carbons (Fsp3) is 0.188. The first-order valence-corrected chi connectivity index (χ1v) is 12.5. The zero-order chi connectivity index (χ0) is 26.5. The predicted molar refractivity (Wildman–Crippen MR) is 145 cm³/mol. The van der Waals surface area contributed by atoms with Gasteiger partial charge in [0, 0.05) is 5.92 Å². The first kappa shape index (κ1) is 25.1. The van der Waals surface area contributed by atoms with Crippen molar-refractivity contribution >= 4 is 12.1 Å². The smallest absolute Gasteiger partial charge is 0.407 e. The summed E-state index contributed by atoms with van der Waals surface area (Å²) in [5.41, 5.74) is 7.29. The van der Waals surface area contributed by atoms with E-state index in [2.05, 4.69) is 29.6 Å². The maximum absolute atomic E-state index is 12.8. The van der Waals surface area contributed by atoms with Gasteiger partial charge >= 0.3 is 12.1 Å². The largest absolute Gasteiger partial charge is 0.497 e. The van der Waals surface area contributed by atoms with Crippen LogP contribution in [0.3, 0.4) is 0 Å². The number of fused-ring (bicyclic) bond motifs is 3. The number of benzene rings is 4. The highest BCUT2D eigenvalue weighted by molar-refractivity contribution is 5.80. The lowest BCUT2D eigenvalue weighted by Gasteiger charge is -2.20. The van der Waals surface area contributed by atoms with E-state index in [4.69, 9.17) is 14.2 Å². The molecule has 6 heteroatoms. The Morgan fingerprint density at radius 1 is 0.789 bits per heavy atom. The third-order valence-corrected chi connectivity index (χ3v) is 6.77. The Bertz CT molecular complexity index is 1380. The molecule has 1 amide bonds. The van der Waals surface area contributed by atoms with Crippen LogP contribution in [0.2, 0.25) is 0 Å².